The molecule has 0 aromatic carbocycles. The molecule has 0 aliphatic carbocycles. The second-order valence-electron chi connectivity index (χ2n) is 6.43. The van der Waals surface area contributed by atoms with Crippen LogP contribution in [0.25, 0.3) is 0 Å². The first-order valence-electron chi connectivity index (χ1n) is 7.83. The molecule has 3 aliphatic heterocycles. The van der Waals surface area contributed by atoms with Gasteiger partial charge in [-0.05, 0) is 19.4 Å². The molecule has 3 fully saturated rings. The summed E-state index contributed by atoms with van der Waals surface area (Å²) in [7, 11) is -2.09. The number of sulfonamides is 1. The molecule has 4 heterocycles. The maximum atomic E-state index is 13.1. The van der Waals surface area contributed by atoms with Crippen LogP contribution in [0.3, 0.4) is 0 Å². The number of nitrogens with zero attached hydrogens (tertiary/aromatic N) is 4. The van der Waals surface area contributed by atoms with Crippen LogP contribution in [-0.4, -0.2) is 64.8 Å². The van der Waals surface area contributed by atoms with Crippen molar-refractivity contribution in [3.63, 3.8) is 0 Å². The zero-order valence-electron chi connectivity index (χ0n) is 13.2. The number of ether oxygens (including phenoxy) is 1. The Kier molecular flexibility index (Phi) is 3.14. The standard InChI is InChI=1S/C14H20N4O4S/c1-10-8-13(16(2)15-10)23(20,21)18-6-4-14-11(18)9-12(19)17(14)5-3-7-22-14/h8,11H,3-7,9H2,1-2H3/t11-,14+/m1/s1. The van der Waals surface area contributed by atoms with Crippen LogP contribution in [0.1, 0.15) is 25.0 Å². The van der Waals surface area contributed by atoms with Crippen LogP contribution >= 0.6 is 0 Å². The van der Waals surface area contributed by atoms with E-state index in [4.69, 9.17) is 4.74 Å². The van der Waals surface area contributed by atoms with Crippen molar-refractivity contribution < 1.29 is 17.9 Å². The number of hydrogen-bond acceptors (Lipinski definition) is 5. The molecule has 0 radical (unpaired) electrons. The Hall–Kier alpha value is -1.45. The number of aryl methyl sites for hydroxylation is 2. The molecule has 8 nitrogen and oxygen atoms in total. The van der Waals surface area contributed by atoms with Crippen molar-refractivity contribution in [1.29, 1.82) is 0 Å². The van der Waals surface area contributed by atoms with Gasteiger partial charge in [0.05, 0.1) is 18.3 Å². The Morgan fingerprint density at radius 3 is 2.87 bits per heavy atom. The highest BCUT2D eigenvalue weighted by Gasteiger charge is 2.63. The van der Waals surface area contributed by atoms with E-state index in [1.54, 1.807) is 24.9 Å². The zero-order chi connectivity index (χ0) is 16.4. The average Bonchev–Trinajstić information content (AvgIpc) is 3.09. The van der Waals surface area contributed by atoms with E-state index >= 15 is 0 Å². The highest BCUT2D eigenvalue weighted by Crippen LogP contribution is 2.46. The Bertz CT molecular complexity index is 774. The largest absolute Gasteiger partial charge is 0.354 e. The van der Waals surface area contributed by atoms with Gasteiger partial charge in [0.1, 0.15) is 0 Å². The van der Waals surface area contributed by atoms with Gasteiger partial charge in [0.25, 0.3) is 10.0 Å². The molecule has 0 saturated carbocycles. The first kappa shape index (κ1) is 15.1. The smallest absolute Gasteiger partial charge is 0.260 e. The Balaban J connectivity index is 1.74. The van der Waals surface area contributed by atoms with Crippen LogP contribution in [0.2, 0.25) is 0 Å². The Labute approximate surface area is 135 Å². The van der Waals surface area contributed by atoms with Crippen LogP contribution in [0.5, 0.6) is 0 Å². The van der Waals surface area contributed by atoms with Gasteiger partial charge in [-0.2, -0.15) is 9.40 Å². The van der Waals surface area contributed by atoms with E-state index in [-0.39, 0.29) is 17.4 Å². The molecular formula is C14H20N4O4S. The van der Waals surface area contributed by atoms with E-state index in [1.165, 1.54) is 8.99 Å². The molecule has 3 aliphatic rings. The number of amides is 1. The lowest BCUT2D eigenvalue weighted by molar-refractivity contribution is -0.178. The molecule has 0 N–H and O–H groups in total. The van der Waals surface area contributed by atoms with E-state index in [0.717, 1.165) is 6.42 Å². The highest BCUT2D eigenvalue weighted by atomic mass is 32.2. The molecule has 1 amide bonds. The molecule has 4 rings (SSSR count). The first-order valence-corrected chi connectivity index (χ1v) is 9.27. The maximum absolute atomic E-state index is 13.1. The number of carbonyl (C=O) groups is 1. The highest BCUT2D eigenvalue weighted by molar-refractivity contribution is 7.89. The van der Waals surface area contributed by atoms with Gasteiger partial charge < -0.3 is 9.64 Å². The van der Waals surface area contributed by atoms with Crippen molar-refractivity contribution >= 4 is 15.9 Å². The molecule has 2 atom stereocenters. The predicted molar refractivity (Wildman–Crippen MR) is 79.9 cm³/mol. The molecular weight excluding hydrogens is 320 g/mol. The number of hydrogen-bond donors (Lipinski definition) is 0. The van der Waals surface area contributed by atoms with Gasteiger partial charge in [-0.25, -0.2) is 8.42 Å². The number of carbonyl (C=O) groups excluding carboxylic acids is 1. The van der Waals surface area contributed by atoms with Crippen molar-refractivity contribution in [2.24, 2.45) is 7.05 Å². The molecule has 23 heavy (non-hydrogen) atoms. The molecule has 0 bridgehead atoms. The second kappa shape index (κ2) is 4.78. The van der Waals surface area contributed by atoms with E-state index < -0.39 is 21.8 Å². The molecule has 1 aromatic rings. The van der Waals surface area contributed by atoms with Crippen molar-refractivity contribution in [1.82, 2.24) is 19.0 Å². The third-order valence-electron chi connectivity index (χ3n) is 5.09. The lowest BCUT2D eigenvalue weighted by Crippen LogP contribution is -2.56. The van der Waals surface area contributed by atoms with Gasteiger partial charge in [0.2, 0.25) is 5.91 Å². The fraction of sp³-hybridized carbons (Fsp3) is 0.714. The SMILES string of the molecule is Cc1cc(S(=O)(=O)N2CC[C@@]34OCCCN3C(=O)C[C@@H]24)n(C)n1. The summed E-state index contributed by atoms with van der Waals surface area (Å²) in [4.78, 5) is 14.0. The molecule has 9 heteroatoms. The number of rotatable bonds is 2. The normalized spacial score (nSPS) is 31.5. The third-order valence-corrected chi connectivity index (χ3v) is 7.06. The van der Waals surface area contributed by atoms with Crippen LogP contribution in [0.4, 0.5) is 0 Å². The van der Waals surface area contributed by atoms with Gasteiger partial charge >= 0.3 is 0 Å². The van der Waals surface area contributed by atoms with E-state index in [9.17, 15) is 13.2 Å². The average molecular weight is 340 g/mol. The van der Waals surface area contributed by atoms with Gasteiger partial charge in [-0.3, -0.25) is 9.48 Å². The molecule has 126 valence electrons. The van der Waals surface area contributed by atoms with Crippen molar-refractivity contribution in [2.45, 2.75) is 43.0 Å². The van der Waals surface area contributed by atoms with Gasteiger partial charge in [0, 0.05) is 33.0 Å². The molecule has 0 unspecified atom stereocenters. The van der Waals surface area contributed by atoms with Crippen LogP contribution in [0.15, 0.2) is 11.1 Å². The number of aromatic nitrogens is 2. The van der Waals surface area contributed by atoms with Crippen molar-refractivity contribution in [3.05, 3.63) is 11.8 Å². The Morgan fingerprint density at radius 2 is 2.17 bits per heavy atom. The minimum absolute atomic E-state index is 0.0178. The van der Waals surface area contributed by atoms with E-state index in [1.807, 2.05) is 0 Å². The first-order chi connectivity index (χ1) is 10.9. The summed E-state index contributed by atoms with van der Waals surface area (Å²) in [5, 5.41) is 4.29. The summed E-state index contributed by atoms with van der Waals surface area (Å²) in [6.07, 6.45) is 1.52. The minimum Gasteiger partial charge on any atom is -0.354 e. The summed E-state index contributed by atoms with van der Waals surface area (Å²) >= 11 is 0. The molecule has 3 saturated heterocycles. The second-order valence-corrected chi connectivity index (χ2v) is 8.26. The summed E-state index contributed by atoms with van der Waals surface area (Å²) < 4.78 is 34.9. The van der Waals surface area contributed by atoms with E-state index in [2.05, 4.69) is 5.10 Å². The fourth-order valence-electron chi connectivity index (χ4n) is 4.15. The lowest BCUT2D eigenvalue weighted by atomic mass is 10.0. The summed E-state index contributed by atoms with van der Waals surface area (Å²) in [5.41, 5.74) is -0.117. The van der Waals surface area contributed by atoms with Gasteiger partial charge in [-0.1, -0.05) is 0 Å². The molecule has 1 spiro atoms. The minimum atomic E-state index is -3.71. The van der Waals surface area contributed by atoms with Crippen LogP contribution in [-0.2, 0) is 26.6 Å². The summed E-state index contributed by atoms with van der Waals surface area (Å²) in [6.45, 7) is 3.34. The quantitative estimate of drug-likeness (QED) is 0.747. The topological polar surface area (TPSA) is 84.7 Å². The fourth-order valence-corrected chi connectivity index (χ4v) is 5.99. The van der Waals surface area contributed by atoms with Crippen molar-refractivity contribution in [2.75, 3.05) is 19.7 Å². The molecule has 1 aromatic heterocycles. The van der Waals surface area contributed by atoms with Gasteiger partial charge in [-0.15, -0.1) is 0 Å². The third kappa shape index (κ3) is 1.93. The van der Waals surface area contributed by atoms with Crippen LogP contribution in [0, 0.1) is 6.92 Å². The zero-order valence-corrected chi connectivity index (χ0v) is 14.0. The summed E-state index contributed by atoms with van der Waals surface area (Å²) in [6, 6.07) is 1.12. The van der Waals surface area contributed by atoms with Crippen LogP contribution < -0.4 is 0 Å². The van der Waals surface area contributed by atoms with Crippen molar-refractivity contribution in [3.8, 4) is 0 Å². The Morgan fingerprint density at radius 1 is 1.39 bits per heavy atom. The lowest BCUT2D eigenvalue weighted by Gasteiger charge is -2.42. The maximum Gasteiger partial charge on any atom is 0.260 e. The monoisotopic (exact) mass is 340 g/mol. The summed E-state index contributed by atoms with van der Waals surface area (Å²) in [5.74, 6) is -0.0178. The van der Waals surface area contributed by atoms with Gasteiger partial charge in [0.15, 0.2) is 10.8 Å². The predicted octanol–water partition coefficient (Wildman–Crippen LogP) is -0.160. The van der Waals surface area contributed by atoms with E-state index in [0.29, 0.717) is 31.8 Å².